The molecule has 0 aliphatic heterocycles. The fraction of sp³-hybridized carbons (Fsp3) is 0.143. The van der Waals surface area contributed by atoms with Crippen LogP contribution < -0.4 is 4.72 Å². The van der Waals surface area contributed by atoms with Crippen molar-refractivity contribution in [1.29, 1.82) is 0 Å². The van der Waals surface area contributed by atoms with Crippen molar-refractivity contribution in [2.45, 2.75) is 17.6 Å². The first-order valence-corrected chi connectivity index (χ1v) is 7.69. The fourth-order valence-electron chi connectivity index (χ4n) is 1.89. The topological polar surface area (TPSA) is 46.2 Å². The molecule has 3 nitrogen and oxygen atoms in total. The van der Waals surface area contributed by atoms with Crippen molar-refractivity contribution >= 4 is 10.0 Å². The SMILES string of the molecule is O=S(=O)(NCc1ccccc1C(F)(F)F)c1ccc(F)cc1F. The summed E-state index contributed by atoms with van der Waals surface area (Å²) in [6.45, 7) is -0.686. The summed E-state index contributed by atoms with van der Waals surface area (Å²) in [5.41, 5.74) is -1.31. The smallest absolute Gasteiger partial charge is 0.207 e. The molecule has 9 heteroatoms. The van der Waals surface area contributed by atoms with E-state index in [1.165, 1.54) is 12.1 Å². The van der Waals surface area contributed by atoms with Gasteiger partial charge < -0.3 is 0 Å². The van der Waals surface area contributed by atoms with Crippen LogP contribution in [-0.4, -0.2) is 8.42 Å². The van der Waals surface area contributed by atoms with Gasteiger partial charge in [-0.05, 0) is 23.8 Å². The first-order chi connectivity index (χ1) is 10.6. The Morgan fingerprint density at radius 2 is 1.65 bits per heavy atom. The van der Waals surface area contributed by atoms with Gasteiger partial charge in [0.2, 0.25) is 10.0 Å². The van der Waals surface area contributed by atoms with Gasteiger partial charge in [-0.3, -0.25) is 0 Å². The highest BCUT2D eigenvalue weighted by Gasteiger charge is 2.33. The normalized spacial score (nSPS) is 12.4. The number of sulfonamides is 1. The van der Waals surface area contributed by atoms with Gasteiger partial charge in [-0.2, -0.15) is 13.2 Å². The number of halogens is 5. The van der Waals surface area contributed by atoms with Crippen molar-refractivity contribution in [3.63, 3.8) is 0 Å². The summed E-state index contributed by atoms with van der Waals surface area (Å²) in [4.78, 5) is -0.844. The van der Waals surface area contributed by atoms with Gasteiger partial charge in [-0.1, -0.05) is 18.2 Å². The Balaban J connectivity index is 2.27. The van der Waals surface area contributed by atoms with Gasteiger partial charge in [-0.25, -0.2) is 21.9 Å². The number of nitrogens with one attached hydrogen (secondary N) is 1. The third kappa shape index (κ3) is 4.05. The molecule has 0 saturated heterocycles. The van der Waals surface area contributed by atoms with Crippen molar-refractivity contribution in [3.8, 4) is 0 Å². The van der Waals surface area contributed by atoms with Crippen LogP contribution in [0.4, 0.5) is 22.0 Å². The second-order valence-electron chi connectivity index (χ2n) is 4.55. The Kier molecular flexibility index (Phi) is 4.71. The molecule has 0 heterocycles. The molecule has 23 heavy (non-hydrogen) atoms. The highest BCUT2D eigenvalue weighted by Crippen LogP contribution is 2.32. The predicted molar refractivity (Wildman–Crippen MR) is 71.8 cm³/mol. The highest BCUT2D eigenvalue weighted by molar-refractivity contribution is 7.89. The molecule has 2 aromatic carbocycles. The number of hydrogen-bond donors (Lipinski definition) is 1. The van der Waals surface area contributed by atoms with Gasteiger partial charge in [0, 0.05) is 12.6 Å². The van der Waals surface area contributed by atoms with E-state index in [-0.39, 0.29) is 5.56 Å². The van der Waals surface area contributed by atoms with Crippen LogP contribution >= 0.6 is 0 Å². The van der Waals surface area contributed by atoms with E-state index >= 15 is 0 Å². The Bertz CT molecular complexity index is 818. The minimum absolute atomic E-state index is 0.314. The first-order valence-electron chi connectivity index (χ1n) is 6.21. The lowest BCUT2D eigenvalue weighted by Crippen LogP contribution is -2.25. The Morgan fingerprint density at radius 3 is 2.26 bits per heavy atom. The molecule has 0 fully saturated rings. The predicted octanol–water partition coefficient (Wildman–Crippen LogP) is 3.46. The van der Waals surface area contributed by atoms with E-state index in [9.17, 15) is 30.4 Å². The lowest BCUT2D eigenvalue weighted by atomic mass is 10.1. The van der Waals surface area contributed by atoms with Gasteiger partial charge in [0.1, 0.15) is 16.5 Å². The molecule has 2 rings (SSSR count). The Labute approximate surface area is 128 Å². The number of hydrogen-bond acceptors (Lipinski definition) is 2. The molecule has 1 N–H and O–H groups in total. The number of rotatable bonds is 4. The standard InChI is InChI=1S/C14H10F5NO2S/c15-10-5-6-13(12(16)7-10)23(21,22)20-8-9-3-1-2-4-11(9)14(17,18)19/h1-7,20H,8H2. The molecule has 2 aromatic rings. The molecule has 0 unspecified atom stereocenters. The van der Waals surface area contributed by atoms with Crippen LogP contribution in [0, 0.1) is 11.6 Å². The van der Waals surface area contributed by atoms with Crippen LogP contribution in [0.25, 0.3) is 0 Å². The maximum absolute atomic E-state index is 13.5. The average Bonchev–Trinajstić information content (AvgIpc) is 2.44. The van der Waals surface area contributed by atoms with Crippen molar-refractivity contribution in [2.75, 3.05) is 0 Å². The van der Waals surface area contributed by atoms with Crippen LogP contribution in [-0.2, 0) is 22.7 Å². The summed E-state index contributed by atoms with van der Waals surface area (Å²) in [6.07, 6.45) is -4.65. The van der Waals surface area contributed by atoms with Crippen molar-refractivity contribution < 1.29 is 30.4 Å². The maximum atomic E-state index is 13.5. The van der Waals surface area contributed by atoms with E-state index < -0.39 is 44.8 Å². The molecule has 124 valence electrons. The van der Waals surface area contributed by atoms with Gasteiger partial charge >= 0.3 is 6.18 Å². The van der Waals surface area contributed by atoms with E-state index in [0.29, 0.717) is 12.1 Å². The number of alkyl halides is 3. The third-order valence-electron chi connectivity index (χ3n) is 2.96. The average molecular weight is 351 g/mol. The van der Waals surface area contributed by atoms with E-state index in [1.807, 2.05) is 4.72 Å². The zero-order valence-electron chi connectivity index (χ0n) is 11.4. The minimum Gasteiger partial charge on any atom is -0.207 e. The van der Waals surface area contributed by atoms with Crippen LogP contribution in [0.5, 0.6) is 0 Å². The molecule has 0 spiro atoms. The van der Waals surface area contributed by atoms with E-state index in [1.54, 1.807) is 0 Å². The fourth-order valence-corrected chi connectivity index (χ4v) is 2.96. The summed E-state index contributed by atoms with van der Waals surface area (Å²) in [5, 5.41) is 0. The summed E-state index contributed by atoms with van der Waals surface area (Å²) in [5.74, 6) is -2.30. The molecule has 0 bridgehead atoms. The number of benzene rings is 2. The molecule has 0 saturated carbocycles. The largest absolute Gasteiger partial charge is 0.416 e. The molecule has 0 aliphatic carbocycles. The van der Waals surface area contributed by atoms with Crippen molar-refractivity contribution in [1.82, 2.24) is 4.72 Å². The van der Waals surface area contributed by atoms with Gasteiger partial charge in [0.25, 0.3) is 0 Å². The molecular weight excluding hydrogens is 341 g/mol. The summed E-state index contributed by atoms with van der Waals surface area (Å²) >= 11 is 0. The van der Waals surface area contributed by atoms with E-state index in [4.69, 9.17) is 0 Å². The Morgan fingerprint density at radius 1 is 1.00 bits per heavy atom. The van der Waals surface area contributed by atoms with Crippen molar-refractivity contribution in [3.05, 3.63) is 65.2 Å². The molecule has 0 aromatic heterocycles. The van der Waals surface area contributed by atoms with Crippen molar-refractivity contribution in [2.24, 2.45) is 0 Å². The van der Waals surface area contributed by atoms with Gasteiger partial charge in [-0.15, -0.1) is 0 Å². The second-order valence-corrected chi connectivity index (χ2v) is 6.29. The van der Waals surface area contributed by atoms with Crippen LogP contribution in [0.2, 0.25) is 0 Å². The van der Waals surface area contributed by atoms with Crippen LogP contribution in [0.15, 0.2) is 47.4 Å². The summed E-state index contributed by atoms with van der Waals surface area (Å²) < 4.78 is 90.5. The summed E-state index contributed by atoms with van der Waals surface area (Å²) in [6, 6.07) is 6.20. The first kappa shape index (κ1) is 17.4. The van der Waals surface area contributed by atoms with Gasteiger partial charge in [0.15, 0.2) is 0 Å². The molecule has 0 aliphatic rings. The molecular formula is C14H10F5NO2S. The molecule has 0 atom stereocenters. The molecule has 0 amide bonds. The van der Waals surface area contributed by atoms with Crippen LogP contribution in [0.3, 0.4) is 0 Å². The minimum atomic E-state index is -4.65. The van der Waals surface area contributed by atoms with Gasteiger partial charge in [0.05, 0.1) is 5.56 Å². The van der Waals surface area contributed by atoms with Crippen LogP contribution in [0.1, 0.15) is 11.1 Å². The monoisotopic (exact) mass is 351 g/mol. The third-order valence-corrected chi connectivity index (χ3v) is 4.39. The Hall–Kier alpha value is -2.00. The molecule has 0 radical (unpaired) electrons. The summed E-state index contributed by atoms with van der Waals surface area (Å²) in [7, 11) is -4.43. The zero-order chi connectivity index (χ0) is 17.3. The van der Waals surface area contributed by atoms with E-state index in [0.717, 1.165) is 18.2 Å². The highest BCUT2D eigenvalue weighted by atomic mass is 32.2. The second kappa shape index (κ2) is 6.25. The lowest BCUT2D eigenvalue weighted by Gasteiger charge is -2.13. The zero-order valence-corrected chi connectivity index (χ0v) is 12.2. The lowest BCUT2D eigenvalue weighted by molar-refractivity contribution is -0.138. The maximum Gasteiger partial charge on any atom is 0.416 e. The quantitative estimate of drug-likeness (QED) is 0.858. The van der Waals surface area contributed by atoms with E-state index in [2.05, 4.69) is 0 Å².